The fraction of sp³-hybridized carbons (Fsp3) is 0.429. The highest BCUT2D eigenvalue weighted by Gasteiger charge is 2.13. The minimum atomic E-state index is 0.109. The van der Waals surface area contributed by atoms with Gasteiger partial charge in [-0.05, 0) is 26.0 Å². The molecule has 0 fully saturated rings. The minimum Gasteiger partial charge on any atom is -0.493 e. The third-order valence-electron chi connectivity index (χ3n) is 2.27. The van der Waals surface area contributed by atoms with Crippen LogP contribution in [0.15, 0.2) is 29.3 Å². The Hall–Kier alpha value is -1.00. The molecule has 0 aromatic heterocycles. The van der Waals surface area contributed by atoms with Crippen LogP contribution in [-0.4, -0.2) is 19.8 Å². The summed E-state index contributed by atoms with van der Waals surface area (Å²) in [4.78, 5) is 0. The summed E-state index contributed by atoms with van der Waals surface area (Å²) < 4.78 is 12.2. The molecule has 0 bridgehead atoms. The van der Waals surface area contributed by atoms with E-state index in [2.05, 4.69) is 27.8 Å². The summed E-state index contributed by atoms with van der Waals surface area (Å²) in [6, 6.07) is 3.95. The van der Waals surface area contributed by atoms with Gasteiger partial charge in [0, 0.05) is 23.1 Å². The SMILES string of the molecule is C=CCNCc1cc(Br)cc(OC)c1OC(C)C. The Labute approximate surface area is 117 Å². The summed E-state index contributed by atoms with van der Waals surface area (Å²) >= 11 is 3.48. The summed E-state index contributed by atoms with van der Waals surface area (Å²) in [5.74, 6) is 1.54. The summed E-state index contributed by atoms with van der Waals surface area (Å²) in [6.07, 6.45) is 1.94. The second-order valence-corrected chi connectivity index (χ2v) is 5.10. The van der Waals surface area contributed by atoms with Crippen LogP contribution >= 0.6 is 15.9 Å². The van der Waals surface area contributed by atoms with Crippen molar-refractivity contribution in [1.29, 1.82) is 0 Å². The molecular formula is C14H20BrNO2. The van der Waals surface area contributed by atoms with Crippen molar-refractivity contribution in [3.05, 3.63) is 34.8 Å². The average Bonchev–Trinajstić information content (AvgIpc) is 2.31. The molecule has 18 heavy (non-hydrogen) atoms. The number of rotatable bonds is 7. The lowest BCUT2D eigenvalue weighted by Gasteiger charge is -2.18. The zero-order valence-corrected chi connectivity index (χ0v) is 12.7. The van der Waals surface area contributed by atoms with Gasteiger partial charge in [0.25, 0.3) is 0 Å². The normalized spacial score (nSPS) is 10.5. The van der Waals surface area contributed by atoms with E-state index in [1.807, 2.05) is 32.1 Å². The first kappa shape index (κ1) is 15.1. The van der Waals surface area contributed by atoms with Crippen molar-refractivity contribution in [2.24, 2.45) is 0 Å². The minimum absolute atomic E-state index is 0.109. The quantitative estimate of drug-likeness (QED) is 0.617. The highest BCUT2D eigenvalue weighted by molar-refractivity contribution is 9.10. The summed E-state index contributed by atoms with van der Waals surface area (Å²) in [7, 11) is 1.65. The Balaban J connectivity index is 3.02. The Morgan fingerprint density at radius 2 is 2.17 bits per heavy atom. The highest BCUT2D eigenvalue weighted by Crippen LogP contribution is 2.35. The predicted octanol–water partition coefficient (Wildman–Crippen LogP) is 3.52. The molecule has 1 aromatic rings. The summed E-state index contributed by atoms with van der Waals surface area (Å²) in [6.45, 7) is 9.16. The molecule has 0 radical (unpaired) electrons. The van der Waals surface area contributed by atoms with E-state index in [1.54, 1.807) is 7.11 Å². The maximum atomic E-state index is 5.84. The van der Waals surface area contributed by atoms with Gasteiger partial charge >= 0.3 is 0 Å². The van der Waals surface area contributed by atoms with Crippen LogP contribution in [0.4, 0.5) is 0 Å². The molecule has 0 amide bonds. The van der Waals surface area contributed by atoms with E-state index in [1.165, 1.54) is 0 Å². The van der Waals surface area contributed by atoms with E-state index in [4.69, 9.17) is 9.47 Å². The summed E-state index contributed by atoms with van der Waals surface area (Å²) in [5, 5.41) is 3.27. The van der Waals surface area contributed by atoms with Crippen molar-refractivity contribution < 1.29 is 9.47 Å². The standard InChI is InChI=1S/C14H20BrNO2/c1-5-6-16-9-11-7-12(15)8-13(17-4)14(11)18-10(2)3/h5,7-8,10,16H,1,6,9H2,2-4H3. The fourth-order valence-electron chi connectivity index (χ4n) is 1.58. The Morgan fingerprint density at radius 1 is 1.44 bits per heavy atom. The van der Waals surface area contributed by atoms with Crippen molar-refractivity contribution >= 4 is 15.9 Å². The average molecular weight is 314 g/mol. The number of halogens is 1. The van der Waals surface area contributed by atoms with Crippen LogP contribution in [-0.2, 0) is 6.54 Å². The molecule has 1 aromatic carbocycles. The van der Waals surface area contributed by atoms with Crippen molar-refractivity contribution in [2.75, 3.05) is 13.7 Å². The third-order valence-corrected chi connectivity index (χ3v) is 2.73. The van der Waals surface area contributed by atoms with Gasteiger partial charge in [0.05, 0.1) is 13.2 Å². The molecule has 0 atom stereocenters. The molecule has 0 spiro atoms. The van der Waals surface area contributed by atoms with Gasteiger partial charge in [-0.25, -0.2) is 0 Å². The number of hydrogen-bond acceptors (Lipinski definition) is 3. The zero-order valence-electron chi connectivity index (χ0n) is 11.1. The molecule has 0 aliphatic carbocycles. The van der Waals surface area contributed by atoms with Gasteiger partial charge in [-0.1, -0.05) is 22.0 Å². The maximum absolute atomic E-state index is 5.84. The van der Waals surface area contributed by atoms with E-state index in [-0.39, 0.29) is 6.10 Å². The number of benzene rings is 1. The van der Waals surface area contributed by atoms with Gasteiger partial charge in [0.2, 0.25) is 0 Å². The van der Waals surface area contributed by atoms with Crippen LogP contribution in [0.25, 0.3) is 0 Å². The smallest absolute Gasteiger partial charge is 0.166 e. The Kier molecular flexibility index (Phi) is 6.22. The molecule has 0 heterocycles. The molecule has 0 saturated heterocycles. The van der Waals surface area contributed by atoms with Crippen LogP contribution < -0.4 is 14.8 Å². The van der Waals surface area contributed by atoms with Crippen molar-refractivity contribution in [1.82, 2.24) is 5.32 Å². The Bertz CT molecular complexity index is 405. The van der Waals surface area contributed by atoms with Gasteiger partial charge < -0.3 is 14.8 Å². The number of ether oxygens (including phenoxy) is 2. The molecule has 0 aliphatic heterocycles. The second-order valence-electron chi connectivity index (χ2n) is 4.18. The molecule has 100 valence electrons. The van der Waals surface area contributed by atoms with E-state index in [0.29, 0.717) is 6.54 Å². The van der Waals surface area contributed by atoms with Crippen molar-refractivity contribution in [3.63, 3.8) is 0 Å². The van der Waals surface area contributed by atoms with Crippen molar-refractivity contribution in [2.45, 2.75) is 26.5 Å². The first-order valence-electron chi connectivity index (χ1n) is 5.93. The topological polar surface area (TPSA) is 30.5 Å². The molecule has 0 aliphatic rings. The van der Waals surface area contributed by atoms with Gasteiger partial charge in [-0.15, -0.1) is 6.58 Å². The first-order chi connectivity index (χ1) is 8.58. The van der Waals surface area contributed by atoms with Crippen LogP contribution in [0.2, 0.25) is 0 Å². The first-order valence-corrected chi connectivity index (χ1v) is 6.72. The molecule has 1 rings (SSSR count). The van der Waals surface area contributed by atoms with Crippen LogP contribution in [0, 0.1) is 0 Å². The van der Waals surface area contributed by atoms with Crippen LogP contribution in [0.5, 0.6) is 11.5 Å². The van der Waals surface area contributed by atoms with Crippen molar-refractivity contribution in [3.8, 4) is 11.5 Å². The predicted molar refractivity (Wildman–Crippen MR) is 78.4 cm³/mol. The fourth-order valence-corrected chi connectivity index (χ4v) is 2.07. The number of hydrogen-bond donors (Lipinski definition) is 1. The third kappa shape index (κ3) is 4.35. The molecule has 0 unspecified atom stereocenters. The van der Waals surface area contributed by atoms with E-state index < -0.39 is 0 Å². The number of methoxy groups -OCH3 is 1. The molecule has 4 heteroatoms. The molecule has 3 nitrogen and oxygen atoms in total. The molecule has 1 N–H and O–H groups in total. The van der Waals surface area contributed by atoms with Gasteiger partial charge in [-0.3, -0.25) is 0 Å². The maximum Gasteiger partial charge on any atom is 0.166 e. The van der Waals surface area contributed by atoms with Crippen LogP contribution in [0.1, 0.15) is 19.4 Å². The second kappa shape index (κ2) is 7.44. The van der Waals surface area contributed by atoms with E-state index in [9.17, 15) is 0 Å². The van der Waals surface area contributed by atoms with Gasteiger partial charge in [0.15, 0.2) is 11.5 Å². The largest absolute Gasteiger partial charge is 0.493 e. The molecular weight excluding hydrogens is 294 g/mol. The number of nitrogens with one attached hydrogen (secondary N) is 1. The van der Waals surface area contributed by atoms with Gasteiger partial charge in [0.1, 0.15) is 0 Å². The lowest BCUT2D eigenvalue weighted by molar-refractivity contribution is 0.227. The van der Waals surface area contributed by atoms with E-state index in [0.717, 1.165) is 28.1 Å². The van der Waals surface area contributed by atoms with Crippen LogP contribution in [0.3, 0.4) is 0 Å². The summed E-state index contributed by atoms with van der Waals surface area (Å²) in [5.41, 5.74) is 1.07. The molecule has 0 saturated carbocycles. The van der Waals surface area contributed by atoms with Gasteiger partial charge in [-0.2, -0.15) is 0 Å². The highest BCUT2D eigenvalue weighted by atomic mass is 79.9. The lowest BCUT2D eigenvalue weighted by atomic mass is 10.1. The van der Waals surface area contributed by atoms with E-state index >= 15 is 0 Å². The zero-order chi connectivity index (χ0) is 13.5. The monoisotopic (exact) mass is 313 g/mol. The lowest BCUT2D eigenvalue weighted by Crippen LogP contribution is -2.15. The Morgan fingerprint density at radius 3 is 2.72 bits per heavy atom.